The molecule has 1 N–H and O–H groups in total. The predicted octanol–water partition coefficient (Wildman–Crippen LogP) is 1.09. The summed E-state index contributed by atoms with van der Waals surface area (Å²) in [5.41, 5.74) is 0. The van der Waals surface area contributed by atoms with Gasteiger partial charge in [-0.2, -0.15) is 4.31 Å². The lowest BCUT2D eigenvalue weighted by molar-refractivity contribution is -0.153. The summed E-state index contributed by atoms with van der Waals surface area (Å²) >= 11 is 0. The maximum Gasteiger partial charge on any atom is 0.334 e. The van der Waals surface area contributed by atoms with Crippen molar-refractivity contribution in [2.75, 3.05) is 19.7 Å². The van der Waals surface area contributed by atoms with Gasteiger partial charge in [-0.3, -0.25) is 0 Å². The Hall–Kier alpha value is -1.71. The number of hydrogen-bond acceptors (Lipinski definition) is 5. The fourth-order valence-corrected chi connectivity index (χ4v) is 3.72. The van der Waals surface area contributed by atoms with Gasteiger partial charge in [-0.25, -0.2) is 17.6 Å². The zero-order chi connectivity index (χ0) is 17.2. The largest absolute Gasteiger partial charge is 0.490 e. The van der Waals surface area contributed by atoms with Crippen LogP contribution in [0.5, 0.6) is 5.75 Å². The van der Waals surface area contributed by atoms with Crippen LogP contribution in [-0.2, 0) is 19.6 Å². The molecule has 0 aromatic heterocycles. The maximum absolute atomic E-state index is 13.5. The molecule has 7 nitrogen and oxygen atoms in total. The summed E-state index contributed by atoms with van der Waals surface area (Å²) in [5, 5.41) is 8.98. The molecule has 1 aromatic carbocycles. The number of halogens is 1. The third-order valence-corrected chi connectivity index (χ3v) is 5.08. The quantitative estimate of drug-likeness (QED) is 0.857. The highest BCUT2D eigenvalue weighted by Gasteiger charge is 2.35. The van der Waals surface area contributed by atoms with Crippen LogP contribution in [0, 0.1) is 5.82 Å². The van der Waals surface area contributed by atoms with Gasteiger partial charge in [0.05, 0.1) is 19.3 Å². The predicted molar refractivity (Wildman–Crippen MR) is 78.3 cm³/mol. The van der Waals surface area contributed by atoms with Crippen molar-refractivity contribution in [1.82, 2.24) is 4.31 Å². The zero-order valence-electron chi connectivity index (χ0n) is 12.7. The molecule has 0 bridgehead atoms. The van der Waals surface area contributed by atoms with Crippen LogP contribution in [0.1, 0.15) is 13.8 Å². The maximum atomic E-state index is 13.5. The Morgan fingerprint density at radius 3 is 2.78 bits per heavy atom. The number of benzene rings is 1. The van der Waals surface area contributed by atoms with Crippen molar-refractivity contribution < 1.29 is 32.2 Å². The lowest BCUT2D eigenvalue weighted by Gasteiger charge is -2.30. The van der Waals surface area contributed by atoms with Crippen molar-refractivity contribution in [3.8, 4) is 5.75 Å². The molecule has 0 saturated carbocycles. The highest BCUT2D eigenvalue weighted by Crippen LogP contribution is 2.29. The number of carbonyl (C=O) groups is 1. The van der Waals surface area contributed by atoms with Gasteiger partial charge in [0.1, 0.15) is 16.5 Å². The van der Waals surface area contributed by atoms with Gasteiger partial charge in [-0.15, -0.1) is 0 Å². The molecular formula is C14H18FNO6S. The number of carboxylic acid groups (broad SMARTS) is 1. The van der Waals surface area contributed by atoms with Gasteiger partial charge >= 0.3 is 5.97 Å². The Balaban J connectivity index is 2.39. The lowest BCUT2D eigenvalue weighted by Crippen LogP contribution is -2.48. The number of hydrogen-bond donors (Lipinski definition) is 1. The van der Waals surface area contributed by atoms with Crippen LogP contribution in [0.25, 0.3) is 0 Å². The first-order chi connectivity index (χ1) is 10.7. The molecule has 1 aromatic rings. The van der Waals surface area contributed by atoms with E-state index >= 15 is 0 Å². The summed E-state index contributed by atoms with van der Waals surface area (Å²) in [7, 11) is -4.10. The smallest absolute Gasteiger partial charge is 0.334 e. The Kier molecular flexibility index (Phi) is 5.23. The molecule has 9 heteroatoms. The summed E-state index contributed by atoms with van der Waals surface area (Å²) in [4.78, 5) is 10.7. The summed E-state index contributed by atoms with van der Waals surface area (Å²) in [6, 6.07) is 3.23. The first kappa shape index (κ1) is 17.6. The SMILES string of the molecule is CC(C)Oc1ccc(F)cc1S(=O)(=O)N1CCOC(C(=O)O)C1. The van der Waals surface area contributed by atoms with Crippen LogP contribution in [0.2, 0.25) is 0 Å². The number of sulfonamides is 1. The Labute approximate surface area is 133 Å². The van der Waals surface area contributed by atoms with Crippen LogP contribution >= 0.6 is 0 Å². The molecule has 0 amide bonds. The van der Waals surface area contributed by atoms with E-state index in [1.165, 1.54) is 6.07 Å². The van der Waals surface area contributed by atoms with Crippen molar-refractivity contribution in [1.29, 1.82) is 0 Å². The molecular weight excluding hydrogens is 329 g/mol. The topological polar surface area (TPSA) is 93.1 Å². The van der Waals surface area contributed by atoms with Crippen molar-refractivity contribution >= 4 is 16.0 Å². The van der Waals surface area contributed by atoms with E-state index in [1.807, 2.05) is 0 Å². The molecule has 2 rings (SSSR count). The molecule has 1 aliphatic rings. The van der Waals surface area contributed by atoms with Crippen LogP contribution in [0.3, 0.4) is 0 Å². The minimum atomic E-state index is -4.10. The molecule has 0 radical (unpaired) electrons. The molecule has 1 aliphatic heterocycles. The second kappa shape index (κ2) is 6.81. The van der Waals surface area contributed by atoms with Crippen LogP contribution < -0.4 is 4.74 Å². The summed E-state index contributed by atoms with van der Waals surface area (Å²) in [5.74, 6) is -1.94. The molecule has 1 fully saturated rings. The van der Waals surface area contributed by atoms with E-state index in [4.69, 9.17) is 14.6 Å². The summed E-state index contributed by atoms with van der Waals surface area (Å²) in [6.45, 7) is 3.04. The van der Waals surface area contributed by atoms with Gasteiger partial charge in [-0.1, -0.05) is 0 Å². The van der Waals surface area contributed by atoms with E-state index in [9.17, 15) is 17.6 Å². The minimum absolute atomic E-state index is 0.0102. The highest BCUT2D eigenvalue weighted by atomic mass is 32.2. The molecule has 0 spiro atoms. The second-order valence-corrected chi connectivity index (χ2v) is 7.22. The van der Waals surface area contributed by atoms with E-state index in [1.54, 1.807) is 13.8 Å². The van der Waals surface area contributed by atoms with Crippen molar-refractivity contribution in [3.05, 3.63) is 24.0 Å². The number of morpholine rings is 1. The van der Waals surface area contributed by atoms with Gasteiger partial charge in [0.25, 0.3) is 0 Å². The Morgan fingerprint density at radius 2 is 2.17 bits per heavy atom. The van der Waals surface area contributed by atoms with E-state index in [-0.39, 0.29) is 36.4 Å². The number of carboxylic acids is 1. The van der Waals surface area contributed by atoms with Crippen LogP contribution in [0.15, 0.2) is 23.1 Å². The third-order valence-electron chi connectivity index (χ3n) is 3.19. The zero-order valence-corrected chi connectivity index (χ0v) is 13.5. The molecule has 0 aliphatic carbocycles. The highest BCUT2D eigenvalue weighted by molar-refractivity contribution is 7.89. The van der Waals surface area contributed by atoms with E-state index in [0.717, 1.165) is 16.4 Å². The first-order valence-electron chi connectivity index (χ1n) is 7.02. The number of rotatable bonds is 5. The van der Waals surface area contributed by atoms with Gasteiger partial charge in [0, 0.05) is 6.54 Å². The summed E-state index contributed by atoms with van der Waals surface area (Å²) in [6.07, 6.45) is -1.55. The number of nitrogens with zero attached hydrogens (tertiary/aromatic N) is 1. The van der Waals surface area contributed by atoms with Crippen molar-refractivity contribution in [2.24, 2.45) is 0 Å². The van der Waals surface area contributed by atoms with Crippen LogP contribution in [0.4, 0.5) is 4.39 Å². The number of ether oxygens (including phenoxy) is 2. The standard InChI is InChI=1S/C14H18FNO6S/c1-9(2)22-11-4-3-10(15)7-13(11)23(19,20)16-5-6-21-12(8-16)14(17)18/h3-4,7,9,12H,5-6,8H2,1-2H3,(H,17,18). The molecule has 128 valence electrons. The summed E-state index contributed by atoms with van der Waals surface area (Å²) < 4.78 is 50.4. The average molecular weight is 347 g/mol. The van der Waals surface area contributed by atoms with Gasteiger partial charge in [-0.05, 0) is 32.0 Å². The Bertz CT molecular complexity index is 691. The van der Waals surface area contributed by atoms with Gasteiger partial charge in [0.2, 0.25) is 10.0 Å². The monoisotopic (exact) mass is 347 g/mol. The number of aliphatic carboxylic acids is 1. The molecule has 23 heavy (non-hydrogen) atoms. The van der Waals surface area contributed by atoms with E-state index in [0.29, 0.717) is 0 Å². The normalized spacial score (nSPS) is 19.7. The third kappa shape index (κ3) is 3.98. The second-order valence-electron chi connectivity index (χ2n) is 5.32. The van der Waals surface area contributed by atoms with E-state index < -0.39 is 27.9 Å². The molecule has 1 unspecified atom stereocenters. The molecule has 1 atom stereocenters. The first-order valence-corrected chi connectivity index (χ1v) is 8.46. The Morgan fingerprint density at radius 1 is 1.48 bits per heavy atom. The minimum Gasteiger partial charge on any atom is -0.490 e. The molecule has 1 heterocycles. The van der Waals surface area contributed by atoms with Gasteiger partial charge < -0.3 is 14.6 Å². The van der Waals surface area contributed by atoms with Crippen LogP contribution in [-0.4, -0.2) is 55.7 Å². The van der Waals surface area contributed by atoms with Crippen molar-refractivity contribution in [3.63, 3.8) is 0 Å². The van der Waals surface area contributed by atoms with Crippen molar-refractivity contribution in [2.45, 2.75) is 31.0 Å². The molecule has 1 saturated heterocycles. The lowest BCUT2D eigenvalue weighted by atomic mass is 10.3. The van der Waals surface area contributed by atoms with Gasteiger partial charge in [0.15, 0.2) is 6.10 Å². The fraction of sp³-hybridized carbons (Fsp3) is 0.500. The average Bonchev–Trinajstić information content (AvgIpc) is 2.48. The fourth-order valence-electron chi connectivity index (χ4n) is 2.17. The van der Waals surface area contributed by atoms with E-state index in [2.05, 4.69) is 0 Å².